The van der Waals surface area contributed by atoms with Crippen molar-refractivity contribution in [3.05, 3.63) is 41.1 Å². The first kappa shape index (κ1) is 24.2. The van der Waals surface area contributed by atoms with Crippen molar-refractivity contribution in [3.8, 4) is 0 Å². The summed E-state index contributed by atoms with van der Waals surface area (Å²) in [7, 11) is 0. The Labute approximate surface area is 189 Å². The highest BCUT2D eigenvalue weighted by Gasteiger charge is 2.34. The molecule has 0 saturated heterocycles. The number of nitrogens with one attached hydrogen (secondary N) is 2. The molecule has 164 valence electrons. The van der Waals surface area contributed by atoms with Crippen LogP contribution in [0.2, 0.25) is 0 Å². The summed E-state index contributed by atoms with van der Waals surface area (Å²) in [6.07, 6.45) is -0.231. The molecule has 0 aliphatic carbocycles. The number of amides is 1. The number of thiocarbonyl (C=S) groups is 1. The predicted octanol–water partition coefficient (Wildman–Crippen LogP) is 4.37. The first-order valence-electron chi connectivity index (χ1n) is 9.99. The van der Waals surface area contributed by atoms with E-state index in [9.17, 15) is 9.59 Å². The zero-order valence-electron chi connectivity index (χ0n) is 18.3. The van der Waals surface area contributed by atoms with Crippen LogP contribution in [0.15, 0.2) is 35.5 Å². The maximum atomic E-state index is 12.9. The van der Waals surface area contributed by atoms with Crippen LogP contribution in [0.5, 0.6) is 0 Å². The van der Waals surface area contributed by atoms with E-state index >= 15 is 0 Å². The molecule has 0 spiro atoms. The first-order chi connectivity index (χ1) is 14.0. The van der Waals surface area contributed by atoms with E-state index in [2.05, 4.69) is 10.6 Å². The number of carbonyl (C=O) groups is 2. The predicted molar refractivity (Wildman–Crippen MR) is 124 cm³/mol. The molecule has 1 aromatic carbocycles. The average Bonchev–Trinajstić information content (AvgIpc) is 2.67. The number of hydrogen-bond donors (Lipinski definition) is 2. The normalized spacial score (nSPS) is 17.1. The van der Waals surface area contributed by atoms with Crippen LogP contribution in [0.3, 0.4) is 0 Å². The second-order valence-electron chi connectivity index (χ2n) is 8.17. The molecule has 1 aromatic rings. The lowest BCUT2D eigenvalue weighted by atomic mass is 9.94. The van der Waals surface area contributed by atoms with Gasteiger partial charge in [-0.1, -0.05) is 12.1 Å². The molecule has 0 radical (unpaired) electrons. The zero-order chi connectivity index (χ0) is 22.6. The maximum Gasteiger partial charge on any atom is 0.338 e. The topological polar surface area (TPSA) is 70.7 Å². The SMILES string of the molecule is CCN1C(=S)NC(c2ccc(NC(=O)C(C)(C)CCl)cc2)C(C(=O)OC(C)C)=C1C. The lowest BCUT2D eigenvalue weighted by Crippen LogP contribution is -2.47. The monoisotopic (exact) mass is 451 g/mol. The molecule has 1 heterocycles. The summed E-state index contributed by atoms with van der Waals surface area (Å²) in [5.41, 5.74) is 2.13. The van der Waals surface area contributed by atoms with Gasteiger partial charge >= 0.3 is 5.97 Å². The zero-order valence-corrected chi connectivity index (χ0v) is 19.9. The molecule has 1 atom stereocenters. The minimum Gasteiger partial charge on any atom is -0.459 e. The summed E-state index contributed by atoms with van der Waals surface area (Å²) < 4.78 is 5.49. The largest absolute Gasteiger partial charge is 0.459 e. The van der Waals surface area contributed by atoms with Crippen LogP contribution in [0.25, 0.3) is 0 Å². The van der Waals surface area contributed by atoms with Gasteiger partial charge in [0.15, 0.2) is 5.11 Å². The maximum absolute atomic E-state index is 12.9. The van der Waals surface area contributed by atoms with Crippen molar-refractivity contribution in [2.75, 3.05) is 17.7 Å². The van der Waals surface area contributed by atoms with Gasteiger partial charge in [-0.25, -0.2) is 4.79 Å². The lowest BCUT2D eigenvalue weighted by molar-refractivity contribution is -0.143. The fourth-order valence-corrected chi connectivity index (χ4v) is 3.58. The number of rotatable bonds is 7. The molecule has 8 heteroatoms. The smallest absolute Gasteiger partial charge is 0.338 e. The molecule has 1 amide bonds. The average molecular weight is 452 g/mol. The van der Waals surface area contributed by atoms with Gasteiger partial charge in [0, 0.05) is 23.8 Å². The Hall–Kier alpha value is -2.12. The van der Waals surface area contributed by atoms with E-state index in [1.807, 2.05) is 44.7 Å². The van der Waals surface area contributed by atoms with Crippen LogP contribution >= 0.6 is 23.8 Å². The third kappa shape index (κ3) is 5.32. The first-order valence-corrected chi connectivity index (χ1v) is 10.9. The Morgan fingerprint density at radius 3 is 2.40 bits per heavy atom. The third-order valence-corrected chi connectivity index (χ3v) is 5.93. The molecule has 1 unspecified atom stereocenters. The Bertz CT molecular complexity index is 850. The van der Waals surface area contributed by atoms with Gasteiger partial charge in [-0.2, -0.15) is 0 Å². The lowest BCUT2D eigenvalue weighted by Gasteiger charge is -2.37. The van der Waals surface area contributed by atoms with E-state index in [1.54, 1.807) is 26.0 Å². The number of ether oxygens (including phenoxy) is 1. The molecule has 6 nitrogen and oxygen atoms in total. The molecule has 2 rings (SSSR count). The minimum atomic E-state index is -0.672. The van der Waals surface area contributed by atoms with Crippen LogP contribution in [-0.4, -0.2) is 40.4 Å². The summed E-state index contributed by atoms with van der Waals surface area (Å²) in [5.74, 6) is -0.306. The fraction of sp³-hybridized carbons (Fsp3) is 0.500. The van der Waals surface area contributed by atoms with Gasteiger partial charge < -0.3 is 20.3 Å². The fourth-order valence-electron chi connectivity index (χ4n) is 3.07. The summed E-state index contributed by atoms with van der Waals surface area (Å²) in [6, 6.07) is 6.89. The van der Waals surface area contributed by atoms with Crippen molar-refractivity contribution < 1.29 is 14.3 Å². The Morgan fingerprint density at radius 1 is 1.30 bits per heavy atom. The highest BCUT2D eigenvalue weighted by molar-refractivity contribution is 7.80. The highest BCUT2D eigenvalue weighted by Crippen LogP contribution is 2.32. The van der Waals surface area contributed by atoms with Gasteiger partial charge in [0.2, 0.25) is 5.91 Å². The van der Waals surface area contributed by atoms with E-state index in [1.165, 1.54) is 0 Å². The van der Waals surface area contributed by atoms with Crippen molar-refractivity contribution in [1.82, 2.24) is 10.2 Å². The van der Waals surface area contributed by atoms with E-state index in [-0.39, 0.29) is 23.9 Å². The van der Waals surface area contributed by atoms with Crippen LogP contribution in [-0.2, 0) is 14.3 Å². The summed E-state index contributed by atoms with van der Waals surface area (Å²) in [5, 5.41) is 6.69. The Kier molecular flexibility index (Phi) is 7.88. The van der Waals surface area contributed by atoms with Crippen molar-refractivity contribution in [2.45, 2.75) is 53.7 Å². The number of allylic oxidation sites excluding steroid dienone is 1. The third-order valence-electron chi connectivity index (χ3n) is 4.93. The van der Waals surface area contributed by atoms with Crippen molar-refractivity contribution in [3.63, 3.8) is 0 Å². The van der Waals surface area contributed by atoms with Gasteiger partial charge in [0.1, 0.15) is 0 Å². The summed E-state index contributed by atoms with van der Waals surface area (Å²) >= 11 is 11.4. The van der Waals surface area contributed by atoms with Crippen molar-refractivity contribution in [1.29, 1.82) is 0 Å². The highest BCUT2D eigenvalue weighted by atomic mass is 35.5. The molecular weight excluding hydrogens is 422 g/mol. The Balaban J connectivity index is 2.35. The summed E-state index contributed by atoms with van der Waals surface area (Å²) in [4.78, 5) is 27.1. The molecule has 30 heavy (non-hydrogen) atoms. The number of esters is 1. The van der Waals surface area contributed by atoms with Crippen LogP contribution < -0.4 is 10.6 Å². The summed E-state index contributed by atoms with van der Waals surface area (Å²) in [6.45, 7) is 11.7. The number of carbonyl (C=O) groups excluding carboxylic acids is 2. The van der Waals surface area contributed by atoms with Gasteiger partial charge in [-0.05, 0) is 71.5 Å². The van der Waals surface area contributed by atoms with Gasteiger partial charge in [-0.3, -0.25) is 4.79 Å². The van der Waals surface area contributed by atoms with Gasteiger partial charge in [-0.15, -0.1) is 11.6 Å². The quantitative estimate of drug-likeness (QED) is 0.364. The number of halogens is 1. The molecule has 1 aliphatic heterocycles. The van der Waals surface area contributed by atoms with Gasteiger partial charge in [0.25, 0.3) is 0 Å². The molecule has 0 saturated carbocycles. The number of anilines is 1. The van der Waals surface area contributed by atoms with Crippen molar-refractivity contribution >= 4 is 46.5 Å². The number of nitrogens with zero attached hydrogens (tertiary/aromatic N) is 1. The Morgan fingerprint density at radius 2 is 1.90 bits per heavy atom. The minimum absolute atomic E-state index is 0.155. The molecule has 0 bridgehead atoms. The van der Waals surface area contributed by atoms with Crippen LogP contribution in [0.4, 0.5) is 5.69 Å². The van der Waals surface area contributed by atoms with Crippen LogP contribution in [0, 0.1) is 5.41 Å². The number of benzene rings is 1. The standard InChI is InChI=1S/C22H30ClN3O3S/c1-7-26-14(4)17(19(27)29-13(2)3)18(25-21(26)30)15-8-10-16(11-9-15)24-20(28)22(5,6)12-23/h8-11,13,18H,7,12H2,1-6H3,(H,24,28)(H,25,30). The molecule has 0 aromatic heterocycles. The second-order valence-corrected chi connectivity index (χ2v) is 8.83. The molecule has 0 fully saturated rings. The van der Waals surface area contributed by atoms with E-state index < -0.39 is 11.5 Å². The van der Waals surface area contributed by atoms with Crippen LogP contribution in [0.1, 0.15) is 53.1 Å². The molecule has 1 aliphatic rings. The number of alkyl halides is 1. The molecule has 2 N–H and O–H groups in total. The van der Waals surface area contributed by atoms with Crippen molar-refractivity contribution in [2.24, 2.45) is 5.41 Å². The molecular formula is C22H30ClN3O3S. The van der Waals surface area contributed by atoms with E-state index in [0.29, 0.717) is 22.9 Å². The van der Waals surface area contributed by atoms with E-state index in [0.717, 1.165) is 11.3 Å². The van der Waals surface area contributed by atoms with Gasteiger partial charge in [0.05, 0.1) is 23.1 Å². The number of hydrogen-bond acceptors (Lipinski definition) is 4. The van der Waals surface area contributed by atoms with E-state index in [4.69, 9.17) is 28.6 Å². The second kappa shape index (κ2) is 9.79.